The molecule has 0 unspecified atom stereocenters. The summed E-state index contributed by atoms with van der Waals surface area (Å²) in [5.74, 6) is -0.643. The van der Waals surface area contributed by atoms with Crippen molar-refractivity contribution in [2.24, 2.45) is 0 Å². The second-order valence-corrected chi connectivity index (χ2v) is 5.37. The van der Waals surface area contributed by atoms with E-state index in [0.717, 1.165) is 10.0 Å². The average molecular weight is 347 g/mol. The molecule has 100 valence electrons. The molecule has 0 saturated carbocycles. The van der Waals surface area contributed by atoms with Gasteiger partial charge in [-0.2, -0.15) is 0 Å². The summed E-state index contributed by atoms with van der Waals surface area (Å²) in [5.41, 5.74) is 1.31. The second-order valence-electron chi connectivity index (χ2n) is 4.08. The van der Waals surface area contributed by atoms with Gasteiger partial charge in [-0.25, -0.2) is 8.78 Å². The number of hydrogen-bond donors (Lipinski definition) is 1. The molecule has 0 aliphatic heterocycles. The monoisotopic (exact) mass is 345 g/mol. The zero-order valence-electron chi connectivity index (χ0n) is 9.89. The molecule has 0 heterocycles. The molecule has 2 aromatic rings. The van der Waals surface area contributed by atoms with Crippen molar-refractivity contribution >= 4 is 27.5 Å². The quantitative estimate of drug-likeness (QED) is 0.848. The zero-order valence-corrected chi connectivity index (χ0v) is 12.2. The van der Waals surface area contributed by atoms with E-state index in [1.165, 1.54) is 18.2 Å². The lowest BCUT2D eigenvalue weighted by Crippen LogP contribution is -2.14. The van der Waals surface area contributed by atoms with E-state index in [1.807, 2.05) is 0 Å². The van der Waals surface area contributed by atoms with Crippen LogP contribution in [0.1, 0.15) is 11.1 Å². The SMILES string of the molecule is Fc1ccc(Br)c(CNCc2ccc(Cl)cc2F)c1. The molecule has 0 aliphatic carbocycles. The lowest BCUT2D eigenvalue weighted by Gasteiger charge is -2.08. The van der Waals surface area contributed by atoms with E-state index in [2.05, 4.69) is 21.2 Å². The first kappa shape index (κ1) is 14.4. The fraction of sp³-hybridized carbons (Fsp3) is 0.143. The summed E-state index contributed by atoms with van der Waals surface area (Å²) >= 11 is 9.02. The minimum atomic E-state index is -0.349. The lowest BCUT2D eigenvalue weighted by molar-refractivity contribution is 0.585. The Kier molecular flexibility index (Phi) is 4.91. The number of halogens is 4. The third-order valence-electron chi connectivity index (χ3n) is 2.65. The number of hydrogen-bond acceptors (Lipinski definition) is 1. The minimum Gasteiger partial charge on any atom is -0.308 e. The molecule has 0 amide bonds. The zero-order chi connectivity index (χ0) is 13.8. The molecule has 0 bridgehead atoms. The molecular weight excluding hydrogens is 336 g/mol. The topological polar surface area (TPSA) is 12.0 Å². The van der Waals surface area contributed by atoms with Gasteiger partial charge in [0.2, 0.25) is 0 Å². The van der Waals surface area contributed by atoms with Gasteiger partial charge in [0, 0.05) is 28.1 Å². The van der Waals surface area contributed by atoms with Gasteiger partial charge >= 0.3 is 0 Å². The van der Waals surface area contributed by atoms with E-state index in [9.17, 15) is 8.78 Å². The Bertz CT molecular complexity index is 590. The molecule has 0 fully saturated rings. The molecule has 0 saturated heterocycles. The smallest absolute Gasteiger partial charge is 0.129 e. The van der Waals surface area contributed by atoms with Crippen molar-refractivity contribution in [3.8, 4) is 0 Å². The molecular formula is C14H11BrClF2N. The summed E-state index contributed by atoms with van der Waals surface area (Å²) in [6.07, 6.45) is 0. The van der Waals surface area contributed by atoms with Crippen LogP contribution < -0.4 is 5.32 Å². The maximum absolute atomic E-state index is 13.5. The minimum absolute atomic E-state index is 0.294. The van der Waals surface area contributed by atoms with E-state index in [-0.39, 0.29) is 11.6 Å². The largest absolute Gasteiger partial charge is 0.308 e. The van der Waals surface area contributed by atoms with Gasteiger partial charge in [0.05, 0.1) is 0 Å². The van der Waals surface area contributed by atoms with E-state index in [0.29, 0.717) is 23.7 Å². The predicted octanol–water partition coefficient (Wildman–Crippen LogP) is 4.67. The molecule has 2 aromatic carbocycles. The van der Waals surface area contributed by atoms with Crippen LogP contribution in [0.2, 0.25) is 5.02 Å². The third-order valence-corrected chi connectivity index (χ3v) is 3.66. The Morgan fingerprint density at radius 2 is 1.74 bits per heavy atom. The van der Waals surface area contributed by atoms with Crippen molar-refractivity contribution < 1.29 is 8.78 Å². The van der Waals surface area contributed by atoms with E-state index < -0.39 is 0 Å². The van der Waals surface area contributed by atoms with Crippen molar-refractivity contribution in [3.05, 3.63) is 68.7 Å². The molecule has 1 nitrogen and oxygen atoms in total. The lowest BCUT2D eigenvalue weighted by atomic mass is 10.2. The van der Waals surface area contributed by atoms with Crippen LogP contribution >= 0.6 is 27.5 Å². The Balaban J connectivity index is 1.98. The summed E-state index contributed by atoms with van der Waals surface area (Å²) < 4.78 is 27.4. The van der Waals surface area contributed by atoms with Gasteiger partial charge in [0.25, 0.3) is 0 Å². The summed E-state index contributed by atoms with van der Waals surface area (Å²) in [7, 11) is 0. The van der Waals surface area contributed by atoms with Crippen molar-refractivity contribution in [2.75, 3.05) is 0 Å². The Morgan fingerprint density at radius 1 is 1.00 bits per heavy atom. The maximum atomic E-state index is 13.5. The first-order chi connectivity index (χ1) is 9.06. The average Bonchev–Trinajstić information content (AvgIpc) is 2.36. The van der Waals surface area contributed by atoms with Crippen LogP contribution in [0.3, 0.4) is 0 Å². The molecule has 0 atom stereocenters. The molecule has 0 aromatic heterocycles. The molecule has 1 N–H and O–H groups in total. The van der Waals surface area contributed by atoms with Crippen molar-refractivity contribution in [2.45, 2.75) is 13.1 Å². The molecule has 0 spiro atoms. The van der Waals surface area contributed by atoms with Crippen molar-refractivity contribution in [1.82, 2.24) is 5.32 Å². The number of benzene rings is 2. The van der Waals surface area contributed by atoms with Crippen LogP contribution in [0.4, 0.5) is 8.78 Å². The van der Waals surface area contributed by atoms with E-state index in [1.54, 1.807) is 18.2 Å². The Labute approximate surface area is 123 Å². The molecule has 2 rings (SSSR count). The van der Waals surface area contributed by atoms with E-state index in [4.69, 9.17) is 11.6 Å². The Hall–Kier alpha value is -0.970. The maximum Gasteiger partial charge on any atom is 0.129 e. The van der Waals surface area contributed by atoms with E-state index >= 15 is 0 Å². The highest BCUT2D eigenvalue weighted by Gasteiger charge is 2.04. The third kappa shape index (κ3) is 4.00. The van der Waals surface area contributed by atoms with Gasteiger partial charge in [0.15, 0.2) is 0 Å². The van der Waals surface area contributed by atoms with Crippen LogP contribution in [-0.4, -0.2) is 0 Å². The van der Waals surface area contributed by atoms with Gasteiger partial charge in [-0.15, -0.1) is 0 Å². The van der Waals surface area contributed by atoms with Crippen LogP contribution in [0.5, 0.6) is 0 Å². The normalized spacial score (nSPS) is 10.7. The molecule has 0 radical (unpaired) electrons. The van der Waals surface area contributed by atoms with Gasteiger partial charge in [-0.05, 0) is 35.9 Å². The highest BCUT2D eigenvalue weighted by molar-refractivity contribution is 9.10. The first-order valence-electron chi connectivity index (χ1n) is 5.65. The van der Waals surface area contributed by atoms with Crippen LogP contribution in [0, 0.1) is 11.6 Å². The number of rotatable bonds is 4. The first-order valence-corrected chi connectivity index (χ1v) is 6.82. The summed E-state index contributed by atoms with van der Waals surface area (Å²) in [6.45, 7) is 0.798. The second kappa shape index (κ2) is 6.46. The van der Waals surface area contributed by atoms with Gasteiger partial charge < -0.3 is 5.32 Å². The summed E-state index contributed by atoms with van der Waals surface area (Å²) in [5, 5.41) is 3.44. The summed E-state index contributed by atoms with van der Waals surface area (Å²) in [4.78, 5) is 0. The number of nitrogens with one attached hydrogen (secondary N) is 1. The summed E-state index contributed by atoms with van der Waals surface area (Å²) in [6, 6.07) is 9.01. The highest BCUT2D eigenvalue weighted by Crippen LogP contribution is 2.18. The molecule has 5 heteroatoms. The van der Waals surface area contributed by atoms with Crippen LogP contribution in [-0.2, 0) is 13.1 Å². The fourth-order valence-corrected chi connectivity index (χ4v) is 2.22. The Morgan fingerprint density at radius 3 is 2.47 bits per heavy atom. The van der Waals surface area contributed by atoms with Gasteiger partial charge in [-0.3, -0.25) is 0 Å². The molecule has 0 aliphatic rings. The fourth-order valence-electron chi connectivity index (χ4n) is 1.68. The van der Waals surface area contributed by atoms with Crippen LogP contribution in [0.25, 0.3) is 0 Å². The van der Waals surface area contributed by atoms with Crippen LogP contribution in [0.15, 0.2) is 40.9 Å². The highest BCUT2D eigenvalue weighted by atomic mass is 79.9. The standard InChI is InChI=1S/C14H11BrClF2N/c15-13-4-3-12(17)5-10(13)8-19-7-9-1-2-11(16)6-14(9)18/h1-6,19H,7-8H2. The van der Waals surface area contributed by atoms with Gasteiger partial charge in [0.1, 0.15) is 11.6 Å². The van der Waals surface area contributed by atoms with Gasteiger partial charge in [-0.1, -0.05) is 33.6 Å². The predicted molar refractivity (Wildman–Crippen MR) is 76.1 cm³/mol. The van der Waals surface area contributed by atoms with Crippen molar-refractivity contribution in [1.29, 1.82) is 0 Å². The molecule has 19 heavy (non-hydrogen) atoms. The van der Waals surface area contributed by atoms with Crippen molar-refractivity contribution in [3.63, 3.8) is 0 Å².